The second-order valence-electron chi connectivity index (χ2n) is 10.6. The minimum atomic E-state index is -0.555. The third kappa shape index (κ3) is 7.12. The lowest BCUT2D eigenvalue weighted by Gasteiger charge is -2.20. The zero-order valence-corrected chi connectivity index (χ0v) is 26.7. The van der Waals surface area contributed by atoms with Crippen molar-refractivity contribution < 1.29 is 24.0 Å². The first-order valence-electron chi connectivity index (χ1n) is 14.8. The van der Waals surface area contributed by atoms with E-state index in [0.717, 1.165) is 4.90 Å². The zero-order valence-electron chi connectivity index (χ0n) is 25.2. The first kappa shape index (κ1) is 32.2. The average Bonchev–Trinajstić information content (AvgIpc) is 3.11. The van der Waals surface area contributed by atoms with Crippen LogP contribution in [0.3, 0.4) is 0 Å². The van der Waals surface area contributed by atoms with Crippen molar-refractivity contribution in [2.24, 2.45) is 0 Å². The molecule has 0 bridgehead atoms. The fourth-order valence-electron chi connectivity index (χ4n) is 5.11. The van der Waals surface area contributed by atoms with Crippen molar-refractivity contribution >= 4 is 70.1 Å². The van der Waals surface area contributed by atoms with Crippen LogP contribution in [0.2, 0.25) is 5.02 Å². The van der Waals surface area contributed by atoms with Crippen LogP contribution in [0.15, 0.2) is 132 Å². The number of nitrogens with one attached hydrogen (secondary N) is 3. The Morgan fingerprint density at radius 3 is 2.04 bits per heavy atom. The molecule has 3 amide bonds. The molecule has 236 valence electrons. The lowest BCUT2D eigenvalue weighted by Crippen LogP contribution is -2.30. The number of rotatable bonds is 9. The number of ketones is 2. The van der Waals surface area contributed by atoms with Crippen molar-refractivity contribution in [2.75, 3.05) is 16.4 Å². The number of halogens is 1. The van der Waals surface area contributed by atoms with Gasteiger partial charge in [-0.3, -0.25) is 24.0 Å². The van der Waals surface area contributed by atoms with Crippen LogP contribution in [0.4, 0.5) is 11.4 Å². The summed E-state index contributed by atoms with van der Waals surface area (Å²) in [5, 5.41) is 8.68. The van der Waals surface area contributed by atoms with Crippen molar-refractivity contribution in [3.63, 3.8) is 0 Å². The quantitative estimate of drug-likeness (QED) is 0.110. The van der Waals surface area contributed by atoms with E-state index in [2.05, 4.69) is 16.0 Å². The molecule has 0 spiro atoms. The molecule has 5 aromatic carbocycles. The van der Waals surface area contributed by atoms with Crippen molar-refractivity contribution in [1.29, 1.82) is 0 Å². The van der Waals surface area contributed by atoms with Gasteiger partial charge < -0.3 is 16.0 Å². The maximum absolute atomic E-state index is 13.3. The molecule has 0 aliphatic heterocycles. The van der Waals surface area contributed by atoms with E-state index in [1.165, 1.54) is 17.8 Å². The number of carbonyl (C=O) groups is 5. The summed E-state index contributed by atoms with van der Waals surface area (Å²) >= 11 is 7.57. The summed E-state index contributed by atoms with van der Waals surface area (Å²) in [6.45, 7) is 0. The number of thioether (sulfide) groups is 1. The molecule has 0 heterocycles. The van der Waals surface area contributed by atoms with E-state index in [1.54, 1.807) is 121 Å². The summed E-state index contributed by atoms with van der Waals surface area (Å²) in [7, 11) is 0. The van der Waals surface area contributed by atoms with Gasteiger partial charge in [0.2, 0.25) is 5.91 Å². The summed E-state index contributed by atoms with van der Waals surface area (Å²) in [6, 6.07) is 33.8. The third-order valence-electron chi connectivity index (χ3n) is 7.44. The van der Waals surface area contributed by atoms with Gasteiger partial charge in [0.15, 0.2) is 11.6 Å². The van der Waals surface area contributed by atoms with E-state index in [9.17, 15) is 24.0 Å². The van der Waals surface area contributed by atoms with Gasteiger partial charge in [-0.25, -0.2) is 0 Å². The molecule has 0 radical (unpaired) electrons. The molecule has 0 saturated carbocycles. The second-order valence-corrected chi connectivity index (χ2v) is 12.1. The Bertz CT molecular complexity index is 2110. The highest BCUT2D eigenvalue weighted by molar-refractivity contribution is 8.00. The smallest absolute Gasteiger partial charge is 0.272 e. The molecule has 0 atom stereocenters. The van der Waals surface area contributed by atoms with Gasteiger partial charge in [0, 0.05) is 37.9 Å². The van der Waals surface area contributed by atoms with Gasteiger partial charge in [-0.2, -0.15) is 0 Å². The van der Waals surface area contributed by atoms with Crippen LogP contribution in [0, 0.1) is 0 Å². The minimum absolute atomic E-state index is 0.00107. The number of carbonyl (C=O) groups excluding carboxylic acids is 5. The normalized spacial score (nSPS) is 12.1. The van der Waals surface area contributed by atoms with Gasteiger partial charge in [0.05, 0.1) is 17.0 Å². The Morgan fingerprint density at radius 1 is 0.667 bits per heavy atom. The molecule has 0 saturated heterocycles. The first-order valence-corrected chi connectivity index (χ1v) is 16.1. The fraction of sp³-hybridized carbons (Fsp3) is 0.0263. The Kier molecular flexibility index (Phi) is 9.61. The Hall–Kier alpha value is -5.77. The number of anilines is 2. The zero-order chi connectivity index (χ0) is 33.6. The van der Waals surface area contributed by atoms with Crippen LogP contribution in [0.5, 0.6) is 0 Å². The molecule has 10 heteroatoms. The van der Waals surface area contributed by atoms with Crippen LogP contribution in [0.25, 0.3) is 6.08 Å². The Labute approximate surface area is 285 Å². The molecule has 1 aliphatic carbocycles. The first-order chi connectivity index (χ1) is 23.3. The maximum Gasteiger partial charge on any atom is 0.272 e. The Balaban J connectivity index is 1.10. The summed E-state index contributed by atoms with van der Waals surface area (Å²) in [4.78, 5) is 66.2. The third-order valence-corrected chi connectivity index (χ3v) is 8.80. The largest absolute Gasteiger partial charge is 0.325 e. The SMILES string of the molecule is O=C(CSc1ccc(NC(=O)/C(=C/c2ccccc2Cl)NC(=O)c2ccccc2)cc1)Nc1cccc2c1C(=O)c1ccccc1C2=O. The summed E-state index contributed by atoms with van der Waals surface area (Å²) in [5.74, 6) is -1.90. The van der Waals surface area contributed by atoms with E-state index in [0.29, 0.717) is 33.0 Å². The monoisotopic (exact) mass is 671 g/mol. The van der Waals surface area contributed by atoms with Crippen LogP contribution in [-0.4, -0.2) is 35.0 Å². The topological polar surface area (TPSA) is 121 Å². The molecule has 0 aromatic heterocycles. The van der Waals surface area contributed by atoms with Gasteiger partial charge >= 0.3 is 0 Å². The highest BCUT2D eigenvalue weighted by Crippen LogP contribution is 2.32. The van der Waals surface area contributed by atoms with Crippen molar-refractivity contribution in [3.05, 3.63) is 165 Å². The number of hydrogen-bond acceptors (Lipinski definition) is 6. The molecule has 6 rings (SSSR count). The summed E-state index contributed by atoms with van der Waals surface area (Å²) in [6.07, 6.45) is 1.51. The van der Waals surface area contributed by atoms with Crippen molar-refractivity contribution in [1.82, 2.24) is 5.32 Å². The standard InChI is InChI=1S/C38H26ClN3O5S/c39-30-15-7-4-11-24(30)21-32(42-37(46)23-9-2-1-3-10-23)38(47)40-25-17-19-26(20-18-25)48-22-33(43)41-31-16-8-14-29-34(31)36(45)28-13-6-5-12-27(28)35(29)44/h1-21H,22H2,(H,40,47)(H,41,43)(H,42,46)/b32-21-. The highest BCUT2D eigenvalue weighted by atomic mass is 35.5. The van der Waals surface area contributed by atoms with E-state index in [1.807, 2.05) is 0 Å². The van der Waals surface area contributed by atoms with Crippen LogP contribution in [-0.2, 0) is 9.59 Å². The number of fused-ring (bicyclic) bond motifs is 2. The molecular weight excluding hydrogens is 646 g/mol. The van der Waals surface area contributed by atoms with Gasteiger partial charge in [-0.1, -0.05) is 84.4 Å². The Morgan fingerprint density at radius 2 is 1.31 bits per heavy atom. The molecular formula is C38H26ClN3O5S. The summed E-state index contributed by atoms with van der Waals surface area (Å²) in [5.41, 5.74) is 2.78. The van der Waals surface area contributed by atoms with Crippen LogP contribution < -0.4 is 16.0 Å². The second kappa shape index (κ2) is 14.3. The number of benzene rings is 5. The lowest BCUT2D eigenvalue weighted by molar-refractivity contribution is -0.114. The number of amides is 3. The average molecular weight is 672 g/mol. The van der Waals surface area contributed by atoms with E-state index in [4.69, 9.17) is 11.6 Å². The lowest BCUT2D eigenvalue weighted by atomic mass is 9.83. The van der Waals surface area contributed by atoms with Gasteiger partial charge in [0.1, 0.15) is 5.70 Å². The van der Waals surface area contributed by atoms with Crippen LogP contribution >= 0.6 is 23.4 Å². The van der Waals surface area contributed by atoms with Crippen LogP contribution in [0.1, 0.15) is 47.8 Å². The fourth-order valence-corrected chi connectivity index (χ4v) is 6.00. The van der Waals surface area contributed by atoms with E-state index < -0.39 is 11.8 Å². The molecule has 1 aliphatic rings. The van der Waals surface area contributed by atoms with Crippen molar-refractivity contribution in [3.8, 4) is 0 Å². The van der Waals surface area contributed by atoms with E-state index in [-0.39, 0.29) is 45.7 Å². The molecule has 8 nitrogen and oxygen atoms in total. The predicted octanol–water partition coefficient (Wildman–Crippen LogP) is 7.26. The molecule has 5 aromatic rings. The van der Waals surface area contributed by atoms with Gasteiger partial charge in [-0.05, 0) is 60.2 Å². The maximum atomic E-state index is 13.3. The molecule has 0 fully saturated rings. The van der Waals surface area contributed by atoms with Crippen molar-refractivity contribution in [2.45, 2.75) is 4.90 Å². The predicted molar refractivity (Wildman–Crippen MR) is 188 cm³/mol. The number of hydrogen-bond donors (Lipinski definition) is 3. The minimum Gasteiger partial charge on any atom is -0.325 e. The van der Waals surface area contributed by atoms with E-state index >= 15 is 0 Å². The highest BCUT2D eigenvalue weighted by Gasteiger charge is 2.31. The molecule has 0 unspecified atom stereocenters. The molecule has 3 N–H and O–H groups in total. The molecule has 48 heavy (non-hydrogen) atoms. The summed E-state index contributed by atoms with van der Waals surface area (Å²) < 4.78 is 0. The van der Waals surface area contributed by atoms with Gasteiger partial charge in [-0.15, -0.1) is 11.8 Å². The van der Waals surface area contributed by atoms with Gasteiger partial charge in [0.25, 0.3) is 11.8 Å².